The van der Waals surface area contributed by atoms with Crippen LogP contribution in [0.4, 0.5) is 5.69 Å². The first-order chi connectivity index (χ1) is 12.2. The first-order valence-corrected chi connectivity index (χ1v) is 7.56. The second-order valence-corrected chi connectivity index (χ2v) is 4.89. The number of rotatable bonds is 7. The van der Waals surface area contributed by atoms with Gasteiger partial charge < -0.3 is 15.4 Å². The summed E-state index contributed by atoms with van der Waals surface area (Å²) >= 11 is 0. The Balaban J connectivity index is 1.92. The van der Waals surface area contributed by atoms with E-state index in [1.54, 1.807) is 36.4 Å². The zero-order valence-corrected chi connectivity index (χ0v) is 13.4. The maximum Gasteiger partial charge on any atom is 0.253 e. The fourth-order valence-electron chi connectivity index (χ4n) is 1.99. The predicted molar refractivity (Wildman–Crippen MR) is 93.6 cm³/mol. The highest BCUT2D eigenvalue weighted by Crippen LogP contribution is 2.15. The number of anilines is 1. The maximum atomic E-state index is 12.3. The van der Waals surface area contributed by atoms with E-state index in [-0.39, 0.29) is 11.5 Å². The third-order valence-corrected chi connectivity index (χ3v) is 3.18. The Labute approximate surface area is 146 Å². The average Bonchev–Trinajstić information content (AvgIpc) is 2.67. The summed E-state index contributed by atoms with van der Waals surface area (Å²) in [4.78, 5) is 12.3. The Bertz CT molecular complexity index is 816. The van der Waals surface area contributed by atoms with Crippen LogP contribution in [0.25, 0.3) is 0 Å². The van der Waals surface area contributed by atoms with Crippen molar-refractivity contribution in [2.45, 2.75) is 0 Å². The van der Waals surface area contributed by atoms with Crippen LogP contribution in [0.2, 0.25) is 0 Å². The summed E-state index contributed by atoms with van der Waals surface area (Å²) < 4.78 is 5.52. The van der Waals surface area contributed by atoms with Crippen LogP contribution in [0.5, 0.6) is 5.75 Å². The number of hydrogen-bond acceptors (Lipinski definition) is 5. The molecule has 124 valence electrons. The molecule has 0 bridgehead atoms. The van der Waals surface area contributed by atoms with Crippen LogP contribution in [-0.2, 0) is 0 Å². The third kappa shape index (κ3) is 5.42. The van der Waals surface area contributed by atoms with E-state index in [0.717, 1.165) is 5.75 Å². The first kappa shape index (κ1) is 17.6. The minimum atomic E-state index is -0.274. The van der Waals surface area contributed by atoms with Crippen molar-refractivity contribution in [1.82, 2.24) is 5.32 Å². The summed E-state index contributed by atoms with van der Waals surface area (Å²) in [6.45, 7) is 0.692. The van der Waals surface area contributed by atoms with Gasteiger partial charge in [-0.25, -0.2) is 0 Å². The Kier molecular flexibility index (Phi) is 6.60. The van der Waals surface area contributed by atoms with E-state index in [1.165, 1.54) is 6.20 Å². The molecule has 6 nitrogen and oxygen atoms in total. The first-order valence-electron chi connectivity index (χ1n) is 7.56. The Morgan fingerprint density at radius 2 is 1.72 bits per heavy atom. The maximum absolute atomic E-state index is 12.3. The molecule has 0 aliphatic carbocycles. The summed E-state index contributed by atoms with van der Waals surface area (Å²) in [6, 6.07) is 19.7. The molecule has 6 heteroatoms. The third-order valence-electron chi connectivity index (χ3n) is 3.18. The van der Waals surface area contributed by atoms with E-state index in [4.69, 9.17) is 15.3 Å². The number of ether oxygens (including phenoxy) is 1. The lowest BCUT2D eigenvalue weighted by molar-refractivity contribution is 0.0948. The van der Waals surface area contributed by atoms with Gasteiger partial charge in [0.05, 0.1) is 17.8 Å². The van der Waals surface area contributed by atoms with Gasteiger partial charge in [0.2, 0.25) is 0 Å². The number of para-hydroxylation sites is 2. The Morgan fingerprint density at radius 1 is 1.04 bits per heavy atom. The van der Waals surface area contributed by atoms with Crippen molar-refractivity contribution in [2.24, 2.45) is 0 Å². The van der Waals surface area contributed by atoms with Crippen LogP contribution in [0.1, 0.15) is 10.4 Å². The minimum Gasteiger partial charge on any atom is -0.492 e. The Hall–Kier alpha value is -3.77. The van der Waals surface area contributed by atoms with Crippen molar-refractivity contribution in [2.75, 3.05) is 18.5 Å². The molecular weight excluding hydrogens is 316 g/mol. The molecule has 0 fully saturated rings. The molecule has 0 saturated heterocycles. The number of nitriles is 2. The molecule has 0 heterocycles. The van der Waals surface area contributed by atoms with Gasteiger partial charge in [-0.3, -0.25) is 4.79 Å². The Morgan fingerprint density at radius 3 is 2.44 bits per heavy atom. The summed E-state index contributed by atoms with van der Waals surface area (Å²) in [7, 11) is 0. The highest BCUT2D eigenvalue weighted by molar-refractivity contribution is 5.99. The second kappa shape index (κ2) is 9.39. The largest absolute Gasteiger partial charge is 0.492 e. The monoisotopic (exact) mass is 332 g/mol. The fraction of sp³-hybridized carbons (Fsp3) is 0.105. The minimum absolute atomic E-state index is 0.0773. The van der Waals surface area contributed by atoms with Gasteiger partial charge in [0.15, 0.2) is 0 Å². The summed E-state index contributed by atoms with van der Waals surface area (Å²) in [5.74, 6) is 0.466. The van der Waals surface area contributed by atoms with Crippen molar-refractivity contribution in [3.8, 4) is 17.9 Å². The van der Waals surface area contributed by atoms with Crippen molar-refractivity contribution in [3.05, 3.63) is 71.9 Å². The zero-order chi connectivity index (χ0) is 17.9. The van der Waals surface area contributed by atoms with Gasteiger partial charge in [-0.15, -0.1) is 0 Å². The standard InChI is InChI=1S/C19H16N4O2/c20-12-15(13-21)14-23-18-9-5-4-8-17(18)19(24)22-10-11-25-16-6-2-1-3-7-16/h1-9,14,23H,10-11H2,(H,22,24). The highest BCUT2D eigenvalue weighted by Gasteiger charge is 2.10. The topological polar surface area (TPSA) is 97.9 Å². The molecule has 0 aliphatic rings. The number of carbonyl (C=O) groups excluding carboxylic acids is 1. The molecule has 0 spiro atoms. The van der Waals surface area contributed by atoms with E-state index >= 15 is 0 Å². The molecule has 2 aromatic rings. The molecule has 1 amide bonds. The average molecular weight is 332 g/mol. The van der Waals surface area contributed by atoms with Crippen LogP contribution in [0.3, 0.4) is 0 Å². The zero-order valence-electron chi connectivity index (χ0n) is 13.4. The van der Waals surface area contributed by atoms with Gasteiger partial charge in [0.1, 0.15) is 30.1 Å². The predicted octanol–water partition coefficient (Wildman–Crippen LogP) is 2.84. The molecular formula is C19H16N4O2. The molecule has 0 aromatic heterocycles. The summed E-state index contributed by atoms with van der Waals surface area (Å²) in [5.41, 5.74) is 0.840. The lowest BCUT2D eigenvalue weighted by Crippen LogP contribution is -2.28. The van der Waals surface area contributed by atoms with E-state index in [9.17, 15) is 4.79 Å². The van der Waals surface area contributed by atoms with E-state index in [1.807, 2.05) is 30.3 Å². The molecule has 2 rings (SSSR count). The van der Waals surface area contributed by atoms with Crippen LogP contribution < -0.4 is 15.4 Å². The fourth-order valence-corrected chi connectivity index (χ4v) is 1.99. The number of hydrogen-bond donors (Lipinski definition) is 2. The van der Waals surface area contributed by atoms with Crippen molar-refractivity contribution in [3.63, 3.8) is 0 Å². The smallest absolute Gasteiger partial charge is 0.253 e. The quantitative estimate of drug-likeness (QED) is 0.600. The number of nitrogens with one attached hydrogen (secondary N) is 2. The van der Waals surface area contributed by atoms with E-state index < -0.39 is 0 Å². The molecule has 2 aromatic carbocycles. The molecule has 0 unspecified atom stereocenters. The number of carbonyl (C=O) groups is 1. The van der Waals surface area contributed by atoms with Crippen molar-refractivity contribution in [1.29, 1.82) is 10.5 Å². The highest BCUT2D eigenvalue weighted by atomic mass is 16.5. The number of amides is 1. The molecule has 0 radical (unpaired) electrons. The number of allylic oxidation sites excluding steroid dienone is 1. The van der Waals surface area contributed by atoms with Crippen molar-refractivity contribution >= 4 is 11.6 Å². The number of nitrogens with zero attached hydrogens (tertiary/aromatic N) is 2. The molecule has 25 heavy (non-hydrogen) atoms. The van der Waals surface area contributed by atoms with Gasteiger partial charge in [0, 0.05) is 6.20 Å². The van der Waals surface area contributed by atoms with Crippen LogP contribution in [0, 0.1) is 22.7 Å². The molecule has 2 N–H and O–H groups in total. The molecule has 0 atom stereocenters. The summed E-state index contributed by atoms with van der Waals surface area (Å²) in [6.07, 6.45) is 1.27. The lowest BCUT2D eigenvalue weighted by Gasteiger charge is -2.10. The SMILES string of the molecule is N#CC(C#N)=CNc1ccccc1C(=O)NCCOc1ccccc1. The number of benzene rings is 2. The van der Waals surface area contributed by atoms with Gasteiger partial charge in [-0.2, -0.15) is 10.5 Å². The van der Waals surface area contributed by atoms with Gasteiger partial charge in [0.25, 0.3) is 5.91 Å². The summed E-state index contributed by atoms with van der Waals surface area (Å²) in [5, 5.41) is 23.1. The second-order valence-electron chi connectivity index (χ2n) is 4.89. The van der Waals surface area contributed by atoms with E-state index in [0.29, 0.717) is 24.4 Å². The van der Waals surface area contributed by atoms with Gasteiger partial charge in [-0.1, -0.05) is 30.3 Å². The lowest BCUT2D eigenvalue weighted by atomic mass is 10.1. The molecule has 0 aliphatic heterocycles. The van der Waals surface area contributed by atoms with Crippen LogP contribution in [0.15, 0.2) is 66.4 Å². The van der Waals surface area contributed by atoms with Gasteiger partial charge in [-0.05, 0) is 24.3 Å². The van der Waals surface area contributed by atoms with Gasteiger partial charge >= 0.3 is 0 Å². The van der Waals surface area contributed by atoms with Crippen LogP contribution in [-0.4, -0.2) is 19.1 Å². The van der Waals surface area contributed by atoms with Crippen LogP contribution >= 0.6 is 0 Å². The normalized spacial score (nSPS) is 9.20. The van der Waals surface area contributed by atoms with E-state index in [2.05, 4.69) is 10.6 Å². The van der Waals surface area contributed by atoms with Crippen molar-refractivity contribution < 1.29 is 9.53 Å². The molecule has 0 saturated carbocycles.